The second-order valence-corrected chi connectivity index (χ2v) is 5.86. The monoisotopic (exact) mass is 285 g/mol. The van der Waals surface area contributed by atoms with Crippen molar-refractivity contribution in [1.82, 2.24) is 25.2 Å². The van der Waals surface area contributed by atoms with Gasteiger partial charge in [-0.05, 0) is 51.0 Å². The maximum atomic E-state index is 4.51. The van der Waals surface area contributed by atoms with Gasteiger partial charge in [0.2, 0.25) is 0 Å². The molecule has 5 heteroatoms. The van der Waals surface area contributed by atoms with Gasteiger partial charge in [-0.2, -0.15) is 15.0 Å². The Balaban J connectivity index is 1.49. The first kappa shape index (κ1) is 14.2. The highest BCUT2D eigenvalue weighted by Crippen LogP contribution is 2.14. The van der Waals surface area contributed by atoms with Crippen LogP contribution in [0, 0.1) is 5.92 Å². The minimum absolute atomic E-state index is 0.757. The van der Waals surface area contributed by atoms with E-state index in [1.165, 1.54) is 25.9 Å². The summed E-state index contributed by atoms with van der Waals surface area (Å²) < 4.78 is 0. The van der Waals surface area contributed by atoms with Gasteiger partial charge < -0.3 is 10.2 Å². The fourth-order valence-corrected chi connectivity index (χ4v) is 2.91. The van der Waals surface area contributed by atoms with Crippen molar-refractivity contribution >= 4 is 0 Å². The minimum atomic E-state index is 0.757. The van der Waals surface area contributed by atoms with Gasteiger partial charge in [-0.25, -0.2) is 0 Å². The first-order valence-electron chi connectivity index (χ1n) is 7.67. The predicted molar refractivity (Wildman–Crippen MR) is 83.3 cm³/mol. The van der Waals surface area contributed by atoms with E-state index in [4.69, 9.17) is 0 Å². The molecule has 2 aromatic rings. The van der Waals surface area contributed by atoms with Crippen LogP contribution < -0.4 is 5.32 Å². The van der Waals surface area contributed by atoms with Crippen LogP contribution in [0.4, 0.5) is 0 Å². The van der Waals surface area contributed by atoms with Crippen molar-refractivity contribution < 1.29 is 0 Å². The average molecular weight is 285 g/mol. The maximum Gasteiger partial charge on any atom is 0.0969 e. The summed E-state index contributed by atoms with van der Waals surface area (Å²) in [6.45, 7) is 4.28. The molecule has 1 aromatic carbocycles. The largest absolute Gasteiger partial charge is 0.311 e. The standard InChI is InChI=1S/C16H23N5/c1-20-9-5-6-14(13-20)10-17-11-15-12-18-21(19-15)16-7-3-2-4-8-16/h2-4,7-8,12,14,17H,5-6,9-11,13H2,1H3. The molecule has 1 aliphatic heterocycles. The summed E-state index contributed by atoms with van der Waals surface area (Å²) in [6.07, 6.45) is 4.48. The Morgan fingerprint density at radius 2 is 2.14 bits per heavy atom. The first-order valence-corrected chi connectivity index (χ1v) is 7.67. The van der Waals surface area contributed by atoms with Crippen LogP contribution in [-0.2, 0) is 6.54 Å². The number of aromatic nitrogens is 3. The fraction of sp³-hybridized carbons (Fsp3) is 0.500. The summed E-state index contributed by atoms with van der Waals surface area (Å²) in [5, 5.41) is 12.3. The highest BCUT2D eigenvalue weighted by molar-refractivity contribution is 5.28. The predicted octanol–water partition coefficient (Wildman–Crippen LogP) is 1.70. The third-order valence-electron chi connectivity index (χ3n) is 3.99. The molecule has 0 saturated carbocycles. The molecule has 1 fully saturated rings. The van der Waals surface area contributed by atoms with Crippen molar-refractivity contribution in [2.75, 3.05) is 26.7 Å². The highest BCUT2D eigenvalue weighted by Gasteiger charge is 2.16. The Morgan fingerprint density at radius 1 is 1.29 bits per heavy atom. The third-order valence-corrected chi connectivity index (χ3v) is 3.99. The van der Waals surface area contributed by atoms with E-state index in [0.717, 1.165) is 30.4 Å². The molecule has 0 radical (unpaired) electrons. The van der Waals surface area contributed by atoms with Crippen molar-refractivity contribution in [2.24, 2.45) is 5.92 Å². The first-order chi connectivity index (χ1) is 10.3. The van der Waals surface area contributed by atoms with E-state index in [9.17, 15) is 0 Å². The van der Waals surface area contributed by atoms with Gasteiger partial charge in [-0.15, -0.1) is 0 Å². The second-order valence-electron chi connectivity index (χ2n) is 5.86. The summed E-state index contributed by atoms with van der Waals surface area (Å²) in [5.41, 5.74) is 1.99. The number of hydrogen-bond donors (Lipinski definition) is 1. The van der Waals surface area contributed by atoms with Gasteiger partial charge in [0.1, 0.15) is 0 Å². The minimum Gasteiger partial charge on any atom is -0.311 e. The number of hydrogen-bond acceptors (Lipinski definition) is 4. The highest BCUT2D eigenvalue weighted by atomic mass is 15.5. The molecule has 112 valence electrons. The van der Waals surface area contributed by atoms with Gasteiger partial charge in [0.05, 0.1) is 17.6 Å². The summed E-state index contributed by atoms with van der Waals surface area (Å²) >= 11 is 0. The SMILES string of the molecule is CN1CCCC(CNCc2cnn(-c3ccccc3)n2)C1. The maximum absolute atomic E-state index is 4.51. The molecule has 2 heterocycles. The van der Waals surface area contributed by atoms with Crippen LogP contribution in [0.25, 0.3) is 5.69 Å². The molecule has 1 saturated heterocycles. The summed E-state index contributed by atoms with van der Waals surface area (Å²) in [4.78, 5) is 4.10. The molecule has 1 aromatic heterocycles. The molecule has 0 spiro atoms. The zero-order valence-corrected chi connectivity index (χ0v) is 12.6. The van der Waals surface area contributed by atoms with E-state index in [1.54, 1.807) is 4.80 Å². The molecule has 1 atom stereocenters. The van der Waals surface area contributed by atoms with Crippen LogP contribution >= 0.6 is 0 Å². The van der Waals surface area contributed by atoms with Gasteiger partial charge in [0, 0.05) is 13.1 Å². The third kappa shape index (κ3) is 3.89. The van der Waals surface area contributed by atoms with Crippen LogP contribution in [0.1, 0.15) is 18.5 Å². The molecule has 21 heavy (non-hydrogen) atoms. The smallest absolute Gasteiger partial charge is 0.0969 e. The van der Waals surface area contributed by atoms with Gasteiger partial charge in [-0.3, -0.25) is 0 Å². The number of rotatable bonds is 5. The molecule has 5 nitrogen and oxygen atoms in total. The van der Waals surface area contributed by atoms with E-state index in [-0.39, 0.29) is 0 Å². The zero-order valence-electron chi connectivity index (χ0n) is 12.6. The Bertz CT molecular complexity index is 551. The topological polar surface area (TPSA) is 46.0 Å². The lowest BCUT2D eigenvalue weighted by atomic mass is 9.98. The molecular formula is C16H23N5. The van der Waals surface area contributed by atoms with Crippen LogP contribution in [0.15, 0.2) is 36.5 Å². The quantitative estimate of drug-likeness (QED) is 0.908. The van der Waals surface area contributed by atoms with E-state index in [2.05, 4.69) is 27.5 Å². The van der Waals surface area contributed by atoms with E-state index in [1.807, 2.05) is 36.5 Å². The number of benzene rings is 1. The van der Waals surface area contributed by atoms with Crippen LogP contribution in [0.2, 0.25) is 0 Å². The lowest BCUT2D eigenvalue weighted by molar-refractivity contribution is 0.206. The normalized spacial score (nSPS) is 19.8. The number of nitrogens with one attached hydrogen (secondary N) is 1. The number of para-hydroxylation sites is 1. The molecule has 0 amide bonds. The van der Waals surface area contributed by atoms with Gasteiger partial charge >= 0.3 is 0 Å². The van der Waals surface area contributed by atoms with Crippen molar-refractivity contribution in [3.63, 3.8) is 0 Å². The Morgan fingerprint density at radius 3 is 2.95 bits per heavy atom. The lowest BCUT2D eigenvalue weighted by Gasteiger charge is -2.29. The molecule has 3 rings (SSSR count). The number of likely N-dealkylation sites (tertiary alicyclic amines) is 1. The fourth-order valence-electron chi connectivity index (χ4n) is 2.91. The van der Waals surface area contributed by atoms with Crippen LogP contribution in [-0.4, -0.2) is 46.6 Å². The Hall–Kier alpha value is -1.72. The van der Waals surface area contributed by atoms with Gasteiger partial charge in [-0.1, -0.05) is 18.2 Å². The van der Waals surface area contributed by atoms with Crippen molar-refractivity contribution in [1.29, 1.82) is 0 Å². The Kier molecular flexibility index (Phi) is 4.62. The number of piperidine rings is 1. The van der Waals surface area contributed by atoms with Crippen molar-refractivity contribution in [3.8, 4) is 5.69 Å². The average Bonchev–Trinajstić information content (AvgIpc) is 2.97. The van der Waals surface area contributed by atoms with Crippen molar-refractivity contribution in [3.05, 3.63) is 42.2 Å². The van der Waals surface area contributed by atoms with E-state index >= 15 is 0 Å². The zero-order chi connectivity index (χ0) is 14.5. The molecule has 0 aliphatic carbocycles. The molecule has 1 N–H and O–H groups in total. The van der Waals surface area contributed by atoms with Gasteiger partial charge in [0.25, 0.3) is 0 Å². The van der Waals surface area contributed by atoms with Gasteiger partial charge in [0.15, 0.2) is 0 Å². The molecule has 0 bridgehead atoms. The van der Waals surface area contributed by atoms with Crippen LogP contribution in [0.3, 0.4) is 0 Å². The van der Waals surface area contributed by atoms with E-state index < -0.39 is 0 Å². The molecular weight excluding hydrogens is 262 g/mol. The Labute approximate surface area is 126 Å². The van der Waals surface area contributed by atoms with Crippen LogP contribution in [0.5, 0.6) is 0 Å². The molecule has 1 aliphatic rings. The number of nitrogens with zero attached hydrogens (tertiary/aromatic N) is 4. The second kappa shape index (κ2) is 6.83. The summed E-state index contributed by atoms with van der Waals surface area (Å²) in [6, 6.07) is 10.0. The lowest BCUT2D eigenvalue weighted by Crippen LogP contribution is -2.37. The van der Waals surface area contributed by atoms with Crippen molar-refractivity contribution in [2.45, 2.75) is 19.4 Å². The molecule has 1 unspecified atom stereocenters. The van der Waals surface area contributed by atoms with E-state index in [0.29, 0.717) is 0 Å². The summed E-state index contributed by atoms with van der Waals surface area (Å²) in [5.74, 6) is 0.757. The summed E-state index contributed by atoms with van der Waals surface area (Å²) in [7, 11) is 2.21.